The van der Waals surface area contributed by atoms with Crippen LogP contribution < -0.4 is 22.1 Å². The first-order valence-electron chi connectivity index (χ1n) is 12.3. The Kier molecular flexibility index (Phi) is 9.83. The second-order valence-electron chi connectivity index (χ2n) is 9.17. The van der Waals surface area contributed by atoms with Crippen LogP contribution in [0.3, 0.4) is 0 Å². The molecule has 7 nitrogen and oxygen atoms in total. The fraction of sp³-hybridized carbons (Fsp3) is 0.276. The van der Waals surface area contributed by atoms with Crippen LogP contribution in [0.5, 0.6) is 0 Å². The third kappa shape index (κ3) is 7.65. The monoisotopic (exact) mass is 519 g/mol. The summed E-state index contributed by atoms with van der Waals surface area (Å²) in [6.45, 7) is 2.47. The van der Waals surface area contributed by atoms with E-state index in [-0.39, 0.29) is 18.3 Å². The van der Waals surface area contributed by atoms with Gasteiger partial charge in [-0.05, 0) is 48.1 Å². The Morgan fingerprint density at radius 3 is 2.08 bits per heavy atom. The van der Waals surface area contributed by atoms with Crippen LogP contribution in [0.25, 0.3) is 0 Å². The lowest BCUT2D eigenvalue weighted by atomic mass is 9.78. The molecular formula is C29H34ClN5O2. The van der Waals surface area contributed by atoms with Crippen LogP contribution in [-0.2, 0) is 29.0 Å². The standard InChI is InChI=1S/C29H34ClN5O2/c1-20(27(36)34-19-23-7-11-24(12-8-23)26(31)32)29(28(33)37,17-15-21-5-3-2-4-6-21)35-18-16-22-9-13-25(30)14-10-22/h2-14,20,35H,15-19H2,1H3,(H3,31,32)(H2,33,37)(H,34,36)/t20-,29?/m1/s1. The van der Waals surface area contributed by atoms with Gasteiger partial charge in [-0.15, -0.1) is 0 Å². The highest BCUT2D eigenvalue weighted by molar-refractivity contribution is 6.30. The van der Waals surface area contributed by atoms with Gasteiger partial charge >= 0.3 is 0 Å². The van der Waals surface area contributed by atoms with Crippen molar-refractivity contribution in [2.75, 3.05) is 6.54 Å². The summed E-state index contributed by atoms with van der Waals surface area (Å²) in [6.07, 6.45) is 1.60. The molecule has 2 amide bonds. The largest absolute Gasteiger partial charge is 0.384 e. The van der Waals surface area contributed by atoms with Gasteiger partial charge in [-0.25, -0.2) is 0 Å². The molecule has 0 heterocycles. The minimum absolute atomic E-state index is 0.0152. The number of amides is 2. The second kappa shape index (κ2) is 13.0. The van der Waals surface area contributed by atoms with Crippen LogP contribution in [0, 0.1) is 11.3 Å². The smallest absolute Gasteiger partial charge is 0.238 e. The second-order valence-corrected chi connectivity index (χ2v) is 9.61. The third-order valence-corrected chi connectivity index (χ3v) is 6.97. The average molecular weight is 520 g/mol. The van der Waals surface area contributed by atoms with Crippen LogP contribution in [0.4, 0.5) is 0 Å². The van der Waals surface area contributed by atoms with Gasteiger partial charge in [0.15, 0.2) is 0 Å². The molecule has 2 atom stereocenters. The molecule has 0 fully saturated rings. The molecule has 3 aromatic carbocycles. The van der Waals surface area contributed by atoms with Gasteiger partial charge < -0.3 is 22.1 Å². The number of hydrogen-bond acceptors (Lipinski definition) is 4. The first-order chi connectivity index (χ1) is 17.7. The Morgan fingerprint density at radius 1 is 0.892 bits per heavy atom. The maximum atomic E-state index is 13.3. The normalized spacial score (nSPS) is 13.4. The van der Waals surface area contributed by atoms with Crippen molar-refractivity contribution in [2.45, 2.75) is 38.3 Å². The number of nitrogen functional groups attached to an aromatic ring is 1. The van der Waals surface area contributed by atoms with E-state index in [0.717, 1.165) is 16.7 Å². The van der Waals surface area contributed by atoms with Crippen molar-refractivity contribution in [3.8, 4) is 0 Å². The van der Waals surface area contributed by atoms with Crippen LogP contribution in [0.1, 0.15) is 35.6 Å². The van der Waals surface area contributed by atoms with Crippen LogP contribution >= 0.6 is 11.6 Å². The fourth-order valence-electron chi connectivity index (χ4n) is 4.32. The van der Waals surface area contributed by atoms with Gasteiger partial charge in [-0.2, -0.15) is 0 Å². The number of carbonyl (C=O) groups is 2. The molecule has 0 spiro atoms. The Hall–Kier alpha value is -3.68. The Labute approximate surface area is 223 Å². The lowest BCUT2D eigenvalue weighted by Gasteiger charge is -2.37. The number of amidine groups is 1. The maximum Gasteiger partial charge on any atom is 0.238 e. The van der Waals surface area contributed by atoms with E-state index in [4.69, 9.17) is 28.5 Å². The molecule has 0 aromatic heterocycles. The minimum Gasteiger partial charge on any atom is -0.384 e. The summed E-state index contributed by atoms with van der Waals surface area (Å²) in [5, 5.41) is 14.5. The van der Waals surface area contributed by atoms with E-state index >= 15 is 0 Å². The van der Waals surface area contributed by atoms with Gasteiger partial charge in [-0.1, -0.05) is 85.3 Å². The molecule has 3 aromatic rings. The Morgan fingerprint density at radius 2 is 1.49 bits per heavy atom. The van der Waals surface area contributed by atoms with E-state index < -0.39 is 17.4 Å². The Balaban J connectivity index is 1.75. The van der Waals surface area contributed by atoms with Gasteiger partial charge in [0.05, 0.1) is 5.92 Å². The number of rotatable bonds is 13. The van der Waals surface area contributed by atoms with E-state index in [0.29, 0.717) is 36.4 Å². The summed E-state index contributed by atoms with van der Waals surface area (Å²) >= 11 is 5.99. The van der Waals surface area contributed by atoms with Crippen molar-refractivity contribution in [2.24, 2.45) is 17.4 Å². The highest BCUT2D eigenvalue weighted by Gasteiger charge is 2.44. The zero-order valence-corrected chi connectivity index (χ0v) is 21.7. The zero-order valence-electron chi connectivity index (χ0n) is 21.0. The van der Waals surface area contributed by atoms with Gasteiger partial charge in [0.1, 0.15) is 11.4 Å². The zero-order chi connectivity index (χ0) is 26.8. The topological polar surface area (TPSA) is 134 Å². The van der Waals surface area contributed by atoms with Crippen molar-refractivity contribution < 1.29 is 9.59 Å². The van der Waals surface area contributed by atoms with Crippen molar-refractivity contribution >= 4 is 29.3 Å². The molecule has 7 N–H and O–H groups in total. The molecule has 3 rings (SSSR count). The molecule has 0 saturated carbocycles. The average Bonchev–Trinajstić information content (AvgIpc) is 2.90. The fourth-order valence-corrected chi connectivity index (χ4v) is 4.44. The Bertz CT molecular complexity index is 1200. The van der Waals surface area contributed by atoms with Gasteiger partial charge in [-0.3, -0.25) is 15.0 Å². The number of nitrogens with two attached hydrogens (primary N) is 2. The van der Waals surface area contributed by atoms with E-state index in [2.05, 4.69) is 10.6 Å². The summed E-state index contributed by atoms with van der Waals surface area (Å²) in [4.78, 5) is 26.3. The number of aryl methyl sites for hydroxylation is 1. The first-order valence-corrected chi connectivity index (χ1v) is 12.6. The van der Waals surface area contributed by atoms with Gasteiger partial charge in [0, 0.05) is 23.7 Å². The first kappa shape index (κ1) is 27.9. The maximum absolute atomic E-state index is 13.3. The molecule has 0 aliphatic carbocycles. The third-order valence-electron chi connectivity index (χ3n) is 6.72. The van der Waals surface area contributed by atoms with E-state index in [1.54, 1.807) is 19.1 Å². The molecule has 194 valence electrons. The summed E-state index contributed by atoms with van der Waals surface area (Å²) in [6, 6.07) is 24.4. The van der Waals surface area contributed by atoms with Crippen molar-refractivity contribution in [3.05, 3.63) is 106 Å². The van der Waals surface area contributed by atoms with Crippen molar-refractivity contribution in [1.29, 1.82) is 5.41 Å². The van der Waals surface area contributed by atoms with Gasteiger partial charge in [0.25, 0.3) is 0 Å². The number of halogens is 1. The van der Waals surface area contributed by atoms with Crippen LogP contribution in [0.2, 0.25) is 5.02 Å². The van der Waals surface area contributed by atoms with E-state index in [1.165, 1.54) is 0 Å². The SMILES string of the molecule is C[C@H](C(=O)NCc1ccc(C(=N)N)cc1)C(CCc1ccccc1)(NCCc1ccc(Cl)cc1)C(N)=O. The summed E-state index contributed by atoms with van der Waals surface area (Å²) in [5.41, 5.74) is 13.9. The van der Waals surface area contributed by atoms with E-state index in [9.17, 15) is 9.59 Å². The highest BCUT2D eigenvalue weighted by atomic mass is 35.5. The van der Waals surface area contributed by atoms with Gasteiger partial charge in [0.2, 0.25) is 11.8 Å². The summed E-state index contributed by atoms with van der Waals surface area (Å²) < 4.78 is 0. The number of benzene rings is 3. The molecule has 0 aliphatic rings. The predicted molar refractivity (Wildman–Crippen MR) is 148 cm³/mol. The van der Waals surface area contributed by atoms with E-state index in [1.807, 2.05) is 66.7 Å². The lowest BCUT2D eigenvalue weighted by Crippen LogP contribution is -2.63. The number of primary amides is 1. The van der Waals surface area contributed by atoms with Crippen LogP contribution in [-0.4, -0.2) is 29.7 Å². The number of hydrogen-bond donors (Lipinski definition) is 5. The summed E-state index contributed by atoms with van der Waals surface area (Å²) in [7, 11) is 0. The lowest BCUT2D eigenvalue weighted by molar-refractivity contribution is -0.136. The minimum atomic E-state index is -1.25. The quantitative estimate of drug-likeness (QED) is 0.174. The van der Waals surface area contributed by atoms with Crippen LogP contribution in [0.15, 0.2) is 78.9 Å². The molecule has 1 unspecified atom stereocenters. The van der Waals surface area contributed by atoms with Crippen molar-refractivity contribution in [3.63, 3.8) is 0 Å². The predicted octanol–water partition coefficient (Wildman–Crippen LogP) is 3.57. The molecular weight excluding hydrogens is 486 g/mol. The molecule has 0 radical (unpaired) electrons. The highest BCUT2D eigenvalue weighted by Crippen LogP contribution is 2.25. The molecule has 0 saturated heterocycles. The van der Waals surface area contributed by atoms with Crippen molar-refractivity contribution in [1.82, 2.24) is 10.6 Å². The molecule has 8 heteroatoms. The number of nitrogens with one attached hydrogen (secondary N) is 3. The molecule has 0 aliphatic heterocycles. The summed E-state index contributed by atoms with van der Waals surface area (Å²) in [5.74, 6) is -1.58. The molecule has 0 bridgehead atoms. The number of carbonyl (C=O) groups excluding carboxylic acids is 2. The molecule has 37 heavy (non-hydrogen) atoms.